The highest BCUT2D eigenvalue weighted by molar-refractivity contribution is 5.76. The third-order valence-corrected chi connectivity index (χ3v) is 4.53. The first-order valence-electron chi connectivity index (χ1n) is 10.00. The fraction of sp³-hybridized carbons (Fsp3) is 0.950. The minimum atomic E-state index is 0.234. The molecule has 1 atom stereocenters. The third-order valence-electron chi connectivity index (χ3n) is 4.53. The normalized spacial score (nSPS) is 12.3. The summed E-state index contributed by atoms with van der Waals surface area (Å²) in [5.74, 6) is 0.234. The molecule has 2 heteroatoms. The minimum absolute atomic E-state index is 0.234. The molecule has 0 aliphatic carbocycles. The van der Waals surface area contributed by atoms with Gasteiger partial charge in [0, 0.05) is 12.5 Å². The Morgan fingerprint density at radius 2 is 1.14 bits per heavy atom. The Labute approximate surface area is 139 Å². The Hall–Kier alpha value is -0.530. The molecule has 0 fully saturated rings. The standard InChI is InChI=1S/C20H41NO/c1-4-6-7-8-9-10-11-12-13-14-15-16-17-18-20(22)21-19(3)5-2/h19H,4-18H2,1-3H3,(H,21,22). The van der Waals surface area contributed by atoms with Crippen molar-refractivity contribution >= 4 is 5.91 Å². The molecule has 0 aromatic heterocycles. The van der Waals surface area contributed by atoms with Crippen molar-refractivity contribution in [1.82, 2.24) is 5.32 Å². The number of rotatable bonds is 16. The maximum atomic E-state index is 11.6. The maximum absolute atomic E-state index is 11.6. The lowest BCUT2D eigenvalue weighted by atomic mass is 10.0. The van der Waals surface area contributed by atoms with Crippen LogP contribution in [0.3, 0.4) is 0 Å². The van der Waals surface area contributed by atoms with Crippen LogP contribution in [-0.2, 0) is 4.79 Å². The van der Waals surface area contributed by atoms with Crippen LogP contribution in [0.25, 0.3) is 0 Å². The van der Waals surface area contributed by atoms with Crippen LogP contribution in [-0.4, -0.2) is 11.9 Å². The topological polar surface area (TPSA) is 29.1 Å². The van der Waals surface area contributed by atoms with Gasteiger partial charge in [0.25, 0.3) is 0 Å². The van der Waals surface area contributed by atoms with Crippen LogP contribution in [0.15, 0.2) is 0 Å². The van der Waals surface area contributed by atoms with E-state index in [1.165, 1.54) is 77.0 Å². The summed E-state index contributed by atoms with van der Waals surface area (Å²) in [6.07, 6.45) is 19.3. The van der Waals surface area contributed by atoms with Gasteiger partial charge in [-0.15, -0.1) is 0 Å². The average Bonchev–Trinajstić information content (AvgIpc) is 2.51. The van der Waals surface area contributed by atoms with Gasteiger partial charge in [0.1, 0.15) is 0 Å². The molecule has 0 aromatic carbocycles. The van der Waals surface area contributed by atoms with Gasteiger partial charge in [0.2, 0.25) is 5.91 Å². The van der Waals surface area contributed by atoms with Gasteiger partial charge >= 0.3 is 0 Å². The van der Waals surface area contributed by atoms with Crippen molar-refractivity contribution in [3.05, 3.63) is 0 Å². The summed E-state index contributed by atoms with van der Waals surface area (Å²) in [5, 5.41) is 3.03. The highest BCUT2D eigenvalue weighted by atomic mass is 16.1. The molecule has 0 radical (unpaired) electrons. The van der Waals surface area contributed by atoms with Crippen molar-refractivity contribution in [2.24, 2.45) is 0 Å². The molecule has 0 aliphatic heterocycles. The van der Waals surface area contributed by atoms with E-state index in [1.807, 2.05) is 0 Å². The number of nitrogens with one attached hydrogen (secondary N) is 1. The smallest absolute Gasteiger partial charge is 0.220 e. The van der Waals surface area contributed by atoms with E-state index in [9.17, 15) is 4.79 Å². The minimum Gasteiger partial charge on any atom is -0.354 e. The van der Waals surface area contributed by atoms with Crippen LogP contribution >= 0.6 is 0 Å². The van der Waals surface area contributed by atoms with E-state index in [1.54, 1.807) is 0 Å². The highest BCUT2D eigenvalue weighted by Crippen LogP contribution is 2.12. The molecule has 2 nitrogen and oxygen atoms in total. The molecule has 0 aliphatic rings. The van der Waals surface area contributed by atoms with E-state index in [2.05, 4.69) is 26.1 Å². The Morgan fingerprint density at radius 1 is 0.727 bits per heavy atom. The molecular formula is C20H41NO. The lowest BCUT2D eigenvalue weighted by Crippen LogP contribution is -2.31. The molecule has 0 aromatic rings. The van der Waals surface area contributed by atoms with Gasteiger partial charge in [-0.05, 0) is 19.8 Å². The zero-order valence-corrected chi connectivity index (χ0v) is 15.6. The van der Waals surface area contributed by atoms with Gasteiger partial charge in [-0.1, -0.05) is 90.9 Å². The Bertz CT molecular complexity index is 240. The van der Waals surface area contributed by atoms with E-state index in [0.717, 1.165) is 12.8 Å². The van der Waals surface area contributed by atoms with Crippen LogP contribution in [0, 0.1) is 0 Å². The van der Waals surface area contributed by atoms with E-state index >= 15 is 0 Å². The second-order valence-electron chi connectivity index (χ2n) is 6.87. The Morgan fingerprint density at radius 3 is 1.55 bits per heavy atom. The van der Waals surface area contributed by atoms with Crippen LogP contribution in [0.5, 0.6) is 0 Å². The summed E-state index contributed by atoms with van der Waals surface area (Å²) in [4.78, 5) is 11.6. The molecule has 1 N–H and O–H groups in total. The second kappa shape index (κ2) is 16.8. The van der Waals surface area contributed by atoms with Gasteiger partial charge in [0.15, 0.2) is 0 Å². The zero-order valence-electron chi connectivity index (χ0n) is 15.6. The van der Waals surface area contributed by atoms with Gasteiger partial charge in [0.05, 0.1) is 0 Å². The summed E-state index contributed by atoms with van der Waals surface area (Å²) >= 11 is 0. The van der Waals surface area contributed by atoms with E-state index < -0.39 is 0 Å². The fourth-order valence-corrected chi connectivity index (χ4v) is 2.75. The van der Waals surface area contributed by atoms with Crippen LogP contribution in [0.1, 0.15) is 117 Å². The predicted octanol–water partition coefficient (Wildman–Crippen LogP) is 6.38. The molecule has 0 bridgehead atoms. The van der Waals surface area contributed by atoms with Crippen molar-refractivity contribution in [2.75, 3.05) is 0 Å². The number of unbranched alkanes of at least 4 members (excludes halogenated alkanes) is 12. The van der Waals surface area contributed by atoms with Crippen molar-refractivity contribution in [3.63, 3.8) is 0 Å². The number of carbonyl (C=O) groups is 1. The van der Waals surface area contributed by atoms with Gasteiger partial charge in [-0.3, -0.25) is 4.79 Å². The van der Waals surface area contributed by atoms with Crippen LogP contribution < -0.4 is 5.32 Å². The van der Waals surface area contributed by atoms with E-state index in [0.29, 0.717) is 12.5 Å². The van der Waals surface area contributed by atoms with Crippen LogP contribution in [0.4, 0.5) is 0 Å². The number of amides is 1. The number of hydrogen-bond donors (Lipinski definition) is 1. The summed E-state index contributed by atoms with van der Waals surface area (Å²) in [5.41, 5.74) is 0. The molecular weight excluding hydrogens is 270 g/mol. The molecule has 0 saturated heterocycles. The molecule has 22 heavy (non-hydrogen) atoms. The largest absolute Gasteiger partial charge is 0.354 e. The lowest BCUT2D eigenvalue weighted by Gasteiger charge is -2.10. The Balaban J connectivity index is 3.12. The summed E-state index contributed by atoms with van der Waals surface area (Å²) in [7, 11) is 0. The molecule has 0 rings (SSSR count). The van der Waals surface area contributed by atoms with Crippen LogP contribution in [0.2, 0.25) is 0 Å². The summed E-state index contributed by atoms with van der Waals surface area (Å²) in [6, 6.07) is 0.328. The van der Waals surface area contributed by atoms with Crippen molar-refractivity contribution in [1.29, 1.82) is 0 Å². The SMILES string of the molecule is CCCCCCCCCCCCCCCC(=O)NC(C)CC. The first-order valence-corrected chi connectivity index (χ1v) is 10.00. The Kier molecular flexibility index (Phi) is 16.4. The number of hydrogen-bond acceptors (Lipinski definition) is 1. The molecule has 132 valence electrons. The number of carbonyl (C=O) groups excluding carboxylic acids is 1. The summed E-state index contributed by atoms with van der Waals surface area (Å²) in [6.45, 7) is 6.45. The average molecular weight is 312 g/mol. The first kappa shape index (κ1) is 21.5. The molecule has 1 unspecified atom stereocenters. The third kappa shape index (κ3) is 15.9. The van der Waals surface area contributed by atoms with E-state index in [4.69, 9.17) is 0 Å². The van der Waals surface area contributed by atoms with Crippen molar-refractivity contribution < 1.29 is 4.79 Å². The lowest BCUT2D eigenvalue weighted by molar-refractivity contribution is -0.121. The molecule has 0 spiro atoms. The zero-order chi connectivity index (χ0) is 16.5. The van der Waals surface area contributed by atoms with Gasteiger partial charge < -0.3 is 5.32 Å². The van der Waals surface area contributed by atoms with E-state index in [-0.39, 0.29) is 5.91 Å². The summed E-state index contributed by atoms with van der Waals surface area (Å²) < 4.78 is 0. The van der Waals surface area contributed by atoms with Crippen molar-refractivity contribution in [2.45, 2.75) is 123 Å². The quantitative estimate of drug-likeness (QED) is 0.329. The fourth-order valence-electron chi connectivity index (χ4n) is 2.75. The van der Waals surface area contributed by atoms with Crippen molar-refractivity contribution in [3.8, 4) is 0 Å². The second-order valence-corrected chi connectivity index (χ2v) is 6.87. The monoisotopic (exact) mass is 311 g/mol. The molecule has 0 heterocycles. The highest BCUT2D eigenvalue weighted by Gasteiger charge is 2.04. The van der Waals surface area contributed by atoms with Gasteiger partial charge in [-0.2, -0.15) is 0 Å². The maximum Gasteiger partial charge on any atom is 0.220 e. The van der Waals surface area contributed by atoms with Gasteiger partial charge in [-0.25, -0.2) is 0 Å². The first-order chi connectivity index (χ1) is 10.7. The predicted molar refractivity (Wildman–Crippen MR) is 98.2 cm³/mol. The molecule has 1 amide bonds. The molecule has 0 saturated carbocycles.